The maximum absolute atomic E-state index is 12.6. The smallest absolute Gasteiger partial charge is 0.123 e. The largest absolute Gasteiger partial charge is 0.313 e. The van der Waals surface area contributed by atoms with Crippen molar-refractivity contribution in [2.75, 3.05) is 6.54 Å². The molecule has 15 heavy (non-hydrogen) atoms. The minimum atomic E-state index is -0.159. The van der Waals surface area contributed by atoms with Crippen molar-refractivity contribution in [3.63, 3.8) is 0 Å². The Morgan fingerprint density at radius 1 is 1.20 bits per heavy atom. The molecule has 0 heterocycles. The summed E-state index contributed by atoms with van der Waals surface area (Å²) in [5.74, 6) is 0.805. The Labute approximate surface area is 90.7 Å². The predicted octanol–water partition coefficient (Wildman–Crippen LogP) is 3.11. The topological polar surface area (TPSA) is 12.0 Å². The van der Waals surface area contributed by atoms with Gasteiger partial charge in [0, 0.05) is 6.54 Å². The van der Waals surface area contributed by atoms with Crippen molar-refractivity contribution >= 4 is 0 Å². The Hall–Kier alpha value is -0.890. The molecule has 0 saturated heterocycles. The molecule has 0 radical (unpaired) electrons. The van der Waals surface area contributed by atoms with Crippen LogP contribution in [0.2, 0.25) is 0 Å². The van der Waals surface area contributed by atoms with Crippen LogP contribution in [0, 0.1) is 11.7 Å². The zero-order valence-electron chi connectivity index (χ0n) is 9.01. The third-order valence-electron chi connectivity index (χ3n) is 3.20. The van der Waals surface area contributed by atoms with E-state index in [4.69, 9.17) is 0 Å². The molecule has 1 aliphatic rings. The molecule has 1 saturated carbocycles. The summed E-state index contributed by atoms with van der Waals surface area (Å²) in [4.78, 5) is 0. The van der Waals surface area contributed by atoms with Crippen LogP contribution in [0.1, 0.15) is 31.2 Å². The van der Waals surface area contributed by atoms with Gasteiger partial charge in [0.05, 0.1) is 0 Å². The Morgan fingerprint density at radius 3 is 2.53 bits per heavy atom. The van der Waals surface area contributed by atoms with E-state index in [0.717, 1.165) is 24.6 Å². The van der Waals surface area contributed by atoms with E-state index in [1.165, 1.54) is 37.8 Å². The van der Waals surface area contributed by atoms with Crippen LogP contribution < -0.4 is 5.32 Å². The van der Waals surface area contributed by atoms with Gasteiger partial charge in [-0.15, -0.1) is 0 Å². The van der Waals surface area contributed by atoms with Gasteiger partial charge in [0.1, 0.15) is 5.82 Å². The van der Waals surface area contributed by atoms with Crippen LogP contribution in [-0.4, -0.2) is 6.54 Å². The van der Waals surface area contributed by atoms with Crippen molar-refractivity contribution in [2.45, 2.75) is 32.2 Å². The van der Waals surface area contributed by atoms with Gasteiger partial charge >= 0.3 is 0 Å². The zero-order chi connectivity index (χ0) is 10.5. The molecule has 2 heteroatoms. The molecule has 1 aliphatic carbocycles. The molecule has 0 amide bonds. The van der Waals surface area contributed by atoms with Crippen LogP contribution in [0.25, 0.3) is 0 Å². The molecule has 0 bridgehead atoms. The quantitative estimate of drug-likeness (QED) is 0.731. The molecule has 0 atom stereocenters. The van der Waals surface area contributed by atoms with E-state index < -0.39 is 0 Å². The molecule has 0 unspecified atom stereocenters. The number of hydrogen-bond acceptors (Lipinski definition) is 1. The van der Waals surface area contributed by atoms with Crippen molar-refractivity contribution in [1.82, 2.24) is 5.32 Å². The summed E-state index contributed by atoms with van der Waals surface area (Å²) in [5.41, 5.74) is 1.16. The minimum Gasteiger partial charge on any atom is -0.313 e. The lowest BCUT2D eigenvalue weighted by Crippen LogP contribution is -2.21. The summed E-state index contributed by atoms with van der Waals surface area (Å²) < 4.78 is 12.6. The lowest BCUT2D eigenvalue weighted by atomic mass is 9.83. The molecule has 82 valence electrons. The first-order chi connectivity index (χ1) is 7.34. The molecule has 0 aromatic heterocycles. The van der Waals surface area contributed by atoms with Gasteiger partial charge in [-0.3, -0.25) is 0 Å². The monoisotopic (exact) mass is 207 g/mol. The van der Waals surface area contributed by atoms with Gasteiger partial charge in [-0.25, -0.2) is 4.39 Å². The van der Waals surface area contributed by atoms with Crippen molar-refractivity contribution in [3.8, 4) is 0 Å². The average molecular weight is 207 g/mol. The second-order valence-electron chi connectivity index (χ2n) is 4.39. The lowest BCUT2D eigenvalue weighted by molar-refractivity contribution is 0.292. The number of hydrogen-bond donors (Lipinski definition) is 1. The first-order valence-electron chi connectivity index (χ1n) is 5.80. The molecule has 0 aliphatic heterocycles. The highest BCUT2D eigenvalue weighted by Gasteiger charge is 2.15. The summed E-state index contributed by atoms with van der Waals surface area (Å²) in [6.07, 6.45) is 5.54. The van der Waals surface area contributed by atoms with Crippen molar-refractivity contribution in [3.05, 3.63) is 35.6 Å². The van der Waals surface area contributed by atoms with E-state index in [1.807, 2.05) is 12.1 Å². The molecular formula is C13H18FN. The van der Waals surface area contributed by atoms with Crippen molar-refractivity contribution in [1.29, 1.82) is 0 Å². The van der Waals surface area contributed by atoms with Crippen LogP contribution in [-0.2, 0) is 6.54 Å². The van der Waals surface area contributed by atoms with Crippen LogP contribution >= 0.6 is 0 Å². The molecule has 1 aromatic rings. The van der Waals surface area contributed by atoms with E-state index in [2.05, 4.69) is 5.32 Å². The normalized spacial score (nSPS) is 16.3. The second kappa shape index (κ2) is 5.26. The molecule has 0 spiro atoms. The Kier molecular flexibility index (Phi) is 3.73. The van der Waals surface area contributed by atoms with Gasteiger partial charge in [0.15, 0.2) is 0 Å². The van der Waals surface area contributed by atoms with Crippen LogP contribution in [0.15, 0.2) is 24.3 Å². The second-order valence-corrected chi connectivity index (χ2v) is 4.39. The third-order valence-corrected chi connectivity index (χ3v) is 3.20. The number of halogens is 1. The number of rotatable bonds is 5. The lowest BCUT2D eigenvalue weighted by Gasteiger charge is -2.25. The number of nitrogens with one attached hydrogen (secondary N) is 1. The van der Waals surface area contributed by atoms with Gasteiger partial charge in [0.25, 0.3) is 0 Å². The van der Waals surface area contributed by atoms with Gasteiger partial charge in [-0.05, 0) is 36.6 Å². The molecular weight excluding hydrogens is 189 g/mol. The first kappa shape index (κ1) is 10.6. The van der Waals surface area contributed by atoms with Gasteiger partial charge in [-0.2, -0.15) is 0 Å². The van der Waals surface area contributed by atoms with E-state index in [1.54, 1.807) is 0 Å². The molecule has 1 N–H and O–H groups in total. The third kappa shape index (κ3) is 3.31. The highest BCUT2D eigenvalue weighted by molar-refractivity contribution is 5.15. The van der Waals surface area contributed by atoms with Crippen molar-refractivity contribution < 1.29 is 4.39 Å². The molecule has 1 aromatic carbocycles. The van der Waals surface area contributed by atoms with Crippen molar-refractivity contribution in [2.24, 2.45) is 5.92 Å². The van der Waals surface area contributed by atoms with E-state index in [9.17, 15) is 4.39 Å². The van der Waals surface area contributed by atoms with Crippen LogP contribution in [0.4, 0.5) is 4.39 Å². The highest BCUT2D eigenvalue weighted by atomic mass is 19.1. The number of benzene rings is 1. The summed E-state index contributed by atoms with van der Waals surface area (Å²) in [6.45, 7) is 1.94. The summed E-state index contributed by atoms with van der Waals surface area (Å²) in [5, 5.41) is 3.40. The van der Waals surface area contributed by atoms with E-state index >= 15 is 0 Å². The Bertz CT molecular complexity index is 290. The SMILES string of the molecule is Fc1ccc(CNCCC2CCC2)cc1. The zero-order valence-corrected chi connectivity index (χ0v) is 9.01. The van der Waals surface area contributed by atoms with E-state index in [-0.39, 0.29) is 5.82 Å². The maximum Gasteiger partial charge on any atom is 0.123 e. The highest BCUT2D eigenvalue weighted by Crippen LogP contribution is 2.28. The first-order valence-corrected chi connectivity index (χ1v) is 5.80. The Balaban J connectivity index is 1.62. The van der Waals surface area contributed by atoms with E-state index in [0.29, 0.717) is 0 Å². The molecule has 2 rings (SSSR count). The van der Waals surface area contributed by atoms with Gasteiger partial charge in [-0.1, -0.05) is 31.4 Å². The fourth-order valence-electron chi connectivity index (χ4n) is 1.92. The fourth-order valence-corrected chi connectivity index (χ4v) is 1.92. The summed E-state index contributed by atoms with van der Waals surface area (Å²) in [7, 11) is 0. The molecule has 1 fully saturated rings. The maximum atomic E-state index is 12.6. The summed E-state index contributed by atoms with van der Waals surface area (Å²) >= 11 is 0. The average Bonchev–Trinajstić information content (AvgIpc) is 2.18. The van der Waals surface area contributed by atoms with Gasteiger partial charge < -0.3 is 5.32 Å². The van der Waals surface area contributed by atoms with Crippen LogP contribution in [0.3, 0.4) is 0 Å². The predicted molar refractivity (Wildman–Crippen MR) is 60.1 cm³/mol. The standard InChI is InChI=1S/C13H18FN/c14-13-6-4-12(5-7-13)10-15-9-8-11-2-1-3-11/h4-7,11,15H,1-3,8-10H2. The summed E-state index contributed by atoms with van der Waals surface area (Å²) in [6, 6.07) is 6.71. The van der Waals surface area contributed by atoms with Crippen LogP contribution in [0.5, 0.6) is 0 Å². The minimum absolute atomic E-state index is 0.159. The fraction of sp³-hybridized carbons (Fsp3) is 0.538. The van der Waals surface area contributed by atoms with Gasteiger partial charge in [0.2, 0.25) is 0 Å². The Morgan fingerprint density at radius 2 is 1.93 bits per heavy atom. The molecule has 1 nitrogen and oxygen atoms in total.